The molecule has 0 aliphatic carbocycles. The highest BCUT2D eigenvalue weighted by Crippen LogP contribution is 2.41. The van der Waals surface area contributed by atoms with Crippen LogP contribution in [0.1, 0.15) is 107 Å². The lowest BCUT2D eigenvalue weighted by Gasteiger charge is -2.49. The van der Waals surface area contributed by atoms with E-state index >= 15 is 0 Å². The second kappa shape index (κ2) is 21.6. The third-order valence-electron chi connectivity index (χ3n) is 13.6. The molecule has 3 heterocycles. The lowest BCUT2D eigenvalue weighted by molar-refractivity contribution is -0.317. The number of carbonyl (C=O) groups is 1. The summed E-state index contributed by atoms with van der Waals surface area (Å²) in [6, 6.07) is 9.70. The van der Waals surface area contributed by atoms with Gasteiger partial charge >= 0.3 is 5.97 Å². The molecule has 1 aromatic rings. The Bertz CT molecular complexity index is 1550. The molecule has 15 nitrogen and oxygen atoms in total. The van der Waals surface area contributed by atoms with Crippen LogP contribution in [0.2, 0.25) is 0 Å². The van der Waals surface area contributed by atoms with Crippen LogP contribution in [-0.4, -0.2) is 154 Å². The first-order valence-corrected chi connectivity index (χ1v) is 22.2. The van der Waals surface area contributed by atoms with Crippen molar-refractivity contribution in [3.63, 3.8) is 0 Å². The molecule has 3 aliphatic rings. The maximum absolute atomic E-state index is 14.4. The minimum Gasteiger partial charge on any atom is -0.459 e. The minimum absolute atomic E-state index is 0.0105. The third kappa shape index (κ3) is 12.3. The number of methoxy groups -OCH3 is 1. The molecule has 0 bridgehead atoms. The van der Waals surface area contributed by atoms with Gasteiger partial charge in [0.1, 0.15) is 30.5 Å². The Hall–Kier alpha value is -2.28. The van der Waals surface area contributed by atoms with Gasteiger partial charge in [-0.3, -0.25) is 4.79 Å². The zero-order valence-electron chi connectivity index (χ0n) is 38.9. The largest absolute Gasteiger partial charge is 0.459 e. The maximum atomic E-state index is 14.4. The Morgan fingerprint density at radius 2 is 1.56 bits per heavy atom. The van der Waals surface area contributed by atoms with Crippen LogP contribution in [0.5, 0.6) is 0 Å². The molecule has 0 saturated carbocycles. The fourth-order valence-corrected chi connectivity index (χ4v) is 9.70. The van der Waals surface area contributed by atoms with Crippen LogP contribution in [0.4, 0.5) is 0 Å². The summed E-state index contributed by atoms with van der Waals surface area (Å²) in [7, 11) is 5.25. The summed E-state index contributed by atoms with van der Waals surface area (Å²) < 4.78 is 37.9. The van der Waals surface area contributed by atoms with Gasteiger partial charge in [0.15, 0.2) is 12.6 Å². The smallest absolute Gasteiger partial charge is 0.311 e. The average molecular weight is 867 g/mol. The van der Waals surface area contributed by atoms with Crippen molar-refractivity contribution < 1.29 is 63.6 Å². The molecule has 1 aromatic carbocycles. The number of benzene rings is 1. The Morgan fingerprint density at radius 1 is 0.902 bits per heavy atom. The molecule has 15 heteroatoms. The van der Waals surface area contributed by atoms with Gasteiger partial charge in [0, 0.05) is 37.3 Å². The molecule has 0 aromatic heterocycles. The Balaban J connectivity index is 1.82. The SMILES string of the molecule is CCC1OC(=O)[C@H](C)C(O[C@H]2C[C@@](C)(OC)[C@@H](O)[C@H](C)O2)[C@H](C)[C@@H](O[C@@H]2O[C@H](C)C[C@H](N(C)C)[C@H]2O)[C@](C)(O)C[C@@H](C)/C(=N\OCCCc2ccccc2)[C@H](C)[C@@H](O)[C@]1(C)O. The Morgan fingerprint density at radius 3 is 2.16 bits per heavy atom. The molecular formula is C46H78N2O13. The number of ether oxygens (including phenoxy) is 6. The van der Waals surface area contributed by atoms with E-state index in [1.165, 1.54) is 14.0 Å². The summed E-state index contributed by atoms with van der Waals surface area (Å²) in [4.78, 5) is 22.2. The minimum atomic E-state index is -1.94. The van der Waals surface area contributed by atoms with E-state index in [1.54, 1.807) is 48.5 Å². The second-order valence-electron chi connectivity index (χ2n) is 19.0. The van der Waals surface area contributed by atoms with Crippen LogP contribution in [0.15, 0.2) is 35.5 Å². The highest BCUT2D eigenvalue weighted by atomic mass is 16.7. The summed E-state index contributed by atoms with van der Waals surface area (Å²) in [5.41, 5.74) is -3.19. The molecule has 3 aliphatic heterocycles. The van der Waals surface area contributed by atoms with Crippen LogP contribution < -0.4 is 0 Å². The quantitative estimate of drug-likeness (QED) is 0.114. The van der Waals surface area contributed by atoms with Crippen molar-refractivity contribution in [2.45, 2.75) is 192 Å². The predicted molar refractivity (Wildman–Crippen MR) is 229 cm³/mol. The van der Waals surface area contributed by atoms with Gasteiger partial charge in [-0.1, -0.05) is 63.2 Å². The molecule has 5 N–H and O–H groups in total. The molecule has 2 unspecified atom stereocenters. The van der Waals surface area contributed by atoms with E-state index in [0.717, 1.165) is 12.0 Å². The number of likely N-dealkylation sites (N-methyl/N-ethyl adjacent to an activating group) is 1. The van der Waals surface area contributed by atoms with Gasteiger partial charge in [0.25, 0.3) is 0 Å². The summed E-state index contributed by atoms with van der Waals surface area (Å²) >= 11 is 0. The van der Waals surface area contributed by atoms with E-state index in [9.17, 15) is 30.3 Å². The molecular weight excluding hydrogens is 789 g/mol. The number of cyclic esters (lactones) is 1. The van der Waals surface area contributed by atoms with Crippen molar-refractivity contribution in [2.24, 2.45) is 28.8 Å². The third-order valence-corrected chi connectivity index (χ3v) is 13.6. The van der Waals surface area contributed by atoms with E-state index in [2.05, 4.69) is 5.16 Å². The molecule has 3 fully saturated rings. The molecule has 350 valence electrons. The van der Waals surface area contributed by atoms with E-state index in [-0.39, 0.29) is 38.0 Å². The molecule has 0 amide bonds. The van der Waals surface area contributed by atoms with Gasteiger partial charge in [-0.05, 0) is 93.3 Å². The monoisotopic (exact) mass is 867 g/mol. The number of aliphatic hydroxyl groups excluding tert-OH is 3. The zero-order valence-corrected chi connectivity index (χ0v) is 38.9. The summed E-state index contributed by atoms with van der Waals surface area (Å²) in [6.45, 7) is 17.5. The molecule has 0 radical (unpaired) electrons. The number of hydrogen-bond acceptors (Lipinski definition) is 15. The highest BCUT2D eigenvalue weighted by molar-refractivity contribution is 5.88. The van der Waals surface area contributed by atoms with Gasteiger partial charge in [-0.25, -0.2) is 0 Å². The lowest BCUT2D eigenvalue weighted by Crippen LogP contribution is -2.61. The molecule has 0 spiro atoms. The van der Waals surface area contributed by atoms with E-state index in [4.69, 9.17) is 33.3 Å². The van der Waals surface area contributed by atoms with Gasteiger partial charge in [0.2, 0.25) is 0 Å². The fourth-order valence-electron chi connectivity index (χ4n) is 9.70. The number of aryl methyl sites for hydroxylation is 1. The van der Waals surface area contributed by atoms with E-state index < -0.39 is 102 Å². The van der Waals surface area contributed by atoms with Gasteiger partial charge in [-0.15, -0.1) is 0 Å². The standard InChI is InChI=1S/C46H78N2O13/c1-14-34-46(10,54)39(50)28(4)36(47-56-22-18-21-32-19-16-15-17-20-32)26(2)24-44(8,53)41(61-43-37(49)33(48(11)12)23-27(3)57-43)29(5)38(30(6)42(52)59-34)60-35-25-45(9,55-13)40(51)31(7)58-35/h15-17,19-20,26-31,33-35,37-41,43,49-51,53-54H,14,18,21-25H2,1-13H3/b47-36+/t26-,27-,28+,29+,30-,31+,33+,34?,35+,37-,38?,39-,40+,41-,43+,44-,45-,46-/m1/s1. The number of esters is 1. The van der Waals surface area contributed by atoms with Crippen molar-refractivity contribution in [1.29, 1.82) is 0 Å². The first kappa shape index (κ1) is 51.4. The number of carbonyl (C=O) groups excluding carboxylic acids is 1. The van der Waals surface area contributed by atoms with Crippen molar-refractivity contribution in [3.05, 3.63) is 35.9 Å². The van der Waals surface area contributed by atoms with Crippen LogP contribution in [0, 0.1) is 23.7 Å². The van der Waals surface area contributed by atoms with Crippen LogP contribution in [0.3, 0.4) is 0 Å². The fraction of sp³-hybridized carbons (Fsp3) is 0.826. The molecule has 4 rings (SSSR count). The first-order chi connectivity index (χ1) is 28.5. The number of rotatable bonds is 12. The predicted octanol–water partition coefficient (Wildman–Crippen LogP) is 4.22. The van der Waals surface area contributed by atoms with Crippen molar-refractivity contribution in [2.75, 3.05) is 27.8 Å². The lowest BCUT2D eigenvalue weighted by atomic mass is 9.73. The molecule has 61 heavy (non-hydrogen) atoms. The van der Waals surface area contributed by atoms with Crippen molar-refractivity contribution in [3.8, 4) is 0 Å². The van der Waals surface area contributed by atoms with E-state index in [1.807, 2.05) is 63.2 Å². The van der Waals surface area contributed by atoms with Gasteiger partial charge in [0.05, 0.1) is 53.4 Å². The first-order valence-electron chi connectivity index (χ1n) is 22.2. The Labute approximate surface area is 364 Å². The summed E-state index contributed by atoms with van der Waals surface area (Å²) in [6.07, 6.45) is -7.82. The van der Waals surface area contributed by atoms with E-state index in [0.29, 0.717) is 18.6 Å². The van der Waals surface area contributed by atoms with Crippen LogP contribution in [0.25, 0.3) is 0 Å². The topological polar surface area (TPSA) is 198 Å². The van der Waals surface area contributed by atoms with Crippen LogP contribution in [-0.2, 0) is 44.5 Å². The number of aliphatic hydroxyl groups is 5. The number of hydrogen-bond donors (Lipinski definition) is 5. The van der Waals surface area contributed by atoms with Crippen molar-refractivity contribution in [1.82, 2.24) is 4.90 Å². The van der Waals surface area contributed by atoms with Gasteiger partial charge < -0.3 is 63.7 Å². The number of nitrogens with zero attached hydrogens (tertiary/aromatic N) is 2. The Kier molecular flexibility index (Phi) is 18.2. The van der Waals surface area contributed by atoms with Gasteiger partial charge in [-0.2, -0.15) is 0 Å². The maximum Gasteiger partial charge on any atom is 0.311 e. The molecule has 3 saturated heterocycles. The number of oxime groups is 1. The summed E-state index contributed by atoms with van der Waals surface area (Å²) in [5.74, 6) is -3.99. The summed E-state index contributed by atoms with van der Waals surface area (Å²) in [5, 5.41) is 64.2. The molecule has 18 atom stereocenters. The van der Waals surface area contributed by atoms with Crippen molar-refractivity contribution >= 4 is 11.7 Å². The average Bonchev–Trinajstić information content (AvgIpc) is 3.20. The van der Waals surface area contributed by atoms with Crippen LogP contribution >= 0.6 is 0 Å². The zero-order chi connectivity index (χ0) is 45.6. The highest BCUT2D eigenvalue weighted by Gasteiger charge is 2.53. The normalized spacial score (nSPS) is 44.1. The second-order valence-corrected chi connectivity index (χ2v) is 19.0.